The number of hydrogen-bond donors (Lipinski definition) is 1. The first-order chi connectivity index (χ1) is 11.7. The summed E-state index contributed by atoms with van der Waals surface area (Å²) in [5, 5.41) is 3.53. The van der Waals surface area contributed by atoms with E-state index in [1.165, 1.54) is 0 Å². The number of amides is 1. The van der Waals surface area contributed by atoms with Crippen molar-refractivity contribution in [2.24, 2.45) is 0 Å². The van der Waals surface area contributed by atoms with E-state index in [1.807, 2.05) is 53.4 Å². The maximum Gasteiger partial charge on any atom is 0.257 e. The van der Waals surface area contributed by atoms with Crippen LogP contribution in [0, 0.1) is 0 Å². The van der Waals surface area contributed by atoms with Gasteiger partial charge in [0.05, 0.1) is 11.7 Å². The molecule has 2 heterocycles. The molecule has 2 aliphatic heterocycles. The van der Waals surface area contributed by atoms with Crippen LogP contribution in [0.25, 0.3) is 0 Å². The molecule has 0 aromatic heterocycles. The van der Waals surface area contributed by atoms with E-state index in [1.54, 1.807) is 0 Å². The van der Waals surface area contributed by atoms with Crippen molar-refractivity contribution in [2.75, 3.05) is 18.5 Å². The number of nitrogens with one attached hydrogen (secondary N) is 1. The Labute approximate surface area is 149 Å². The van der Waals surface area contributed by atoms with Gasteiger partial charge in [0.2, 0.25) is 0 Å². The predicted octanol–water partition coefficient (Wildman–Crippen LogP) is 4.19. The minimum atomic E-state index is -0.202. The van der Waals surface area contributed by atoms with Crippen molar-refractivity contribution in [3.8, 4) is 0 Å². The van der Waals surface area contributed by atoms with E-state index in [0.717, 1.165) is 40.7 Å². The summed E-state index contributed by atoms with van der Waals surface area (Å²) in [7, 11) is 0. The van der Waals surface area contributed by atoms with Crippen LogP contribution in [-0.2, 0) is 4.74 Å². The van der Waals surface area contributed by atoms with Crippen molar-refractivity contribution in [3.05, 3.63) is 64.1 Å². The van der Waals surface area contributed by atoms with Crippen molar-refractivity contribution in [1.29, 1.82) is 0 Å². The summed E-state index contributed by atoms with van der Waals surface area (Å²) in [4.78, 5) is 15.0. The van der Waals surface area contributed by atoms with E-state index in [0.29, 0.717) is 6.54 Å². The molecule has 5 heteroatoms. The molecule has 0 bridgehead atoms. The van der Waals surface area contributed by atoms with Crippen molar-refractivity contribution in [3.63, 3.8) is 0 Å². The lowest BCUT2D eigenvalue weighted by atomic mass is 10.0. The number of benzene rings is 2. The standard InChI is InChI=1S/C19H19BrN2O2/c20-16-9-3-1-7-14(16)18-21-17-10-4-2-8-15(17)19(23)22(18)12-13-6-5-11-24-13/h1-4,7-10,13,18,21H,5-6,11-12H2/t13-,18-/m1/s1. The summed E-state index contributed by atoms with van der Waals surface area (Å²) in [5.41, 5.74) is 2.66. The van der Waals surface area contributed by atoms with Gasteiger partial charge in [0.1, 0.15) is 6.17 Å². The number of ether oxygens (including phenoxy) is 1. The SMILES string of the molecule is O=C1c2ccccc2N[C@@H](c2ccccc2Br)N1C[C@H]1CCCO1. The molecule has 1 N–H and O–H groups in total. The molecule has 124 valence electrons. The van der Waals surface area contributed by atoms with Gasteiger partial charge < -0.3 is 15.0 Å². The first-order valence-corrected chi connectivity index (χ1v) is 9.06. The Hall–Kier alpha value is -1.85. The van der Waals surface area contributed by atoms with E-state index < -0.39 is 0 Å². The maximum atomic E-state index is 13.1. The molecule has 2 atom stereocenters. The highest BCUT2D eigenvalue weighted by Crippen LogP contribution is 2.36. The molecule has 1 amide bonds. The second-order valence-corrected chi connectivity index (χ2v) is 7.06. The van der Waals surface area contributed by atoms with Crippen LogP contribution in [0.1, 0.15) is 34.9 Å². The van der Waals surface area contributed by atoms with Crippen LogP contribution in [0.5, 0.6) is 0 Å². The third-order valence-corrected chi connectivity index (χ3v) is 5.37. The molecule has 0 unspecified atom stereocenters. The Bertz CT molecular complexity index is 759. The lowest BCUT2D eigenvalue weighted by Crippen LogP contribution is -2.46. The fourth-order valence-electron chi connectivity index (χ4n) is 3.43. The quantitative estimate of drug-likeness (QED) is 0.859. The summed E-state index contributed by atoms with van der Waals surface area (Å²) in [6.07, 6.45) is 1.99. The molecule has 0 spiro atoms. The Morgan fingerprint density at radius 1 is 1.17 bits per heavy atom. The van der Waals surface area contributed by atoms with Crippen LogP contribution in [0.4, 0.5) is 5.69 Å². The van der Waals surface area contributed by atoms with Crippen molar-refractivity contribution in [2.45, 2.75) is 25.1 Å². The zero-order chi connectivity index (χ0) is 16.5. The summed E-state index contributed by atoms with van der Waals surface area (Å²) >= 11 is 3.62. The topological polar surface area (TPSA) is 41.6 Å². The van der Waals surface area contributed by atoms with Gasteiger partial charge in [-0.15, -0.1) is 0 Å². The third-order valence-electron chi connectivity index (χ3n) is 4.65. The highest BCUT2D eigenvalue weighted by molar-refractivity contribution is 9.10. The number of halogens is 1. The van der Waals surface area contributed by atoms with Gasteiger partial charge in [-0.05, 0) is 31.0 Å². The molecule has 1 fully saturated rings. The molecule has 2 aliphatic rings. The molecule has 1 saturated heterocycles. The van der Waals surface area contributed by atoms with Crippen LogP contribution in [0.3, 0.4) is 0 Å². The smallest absolute Gasteiger partial charge is 0.257 e. The molecule has 2 aromatic carbocycles. The van der Waals surface area contributed by atoms with Gasteiger partial charge in [-0.3, -0.25) is 4.79 Å². The van der Waals surface area contributed by atoms with Gasteiger partial charge in [-0.25, -0.2) is 0 Å². The van der Waals surface area contributed by atoms with E-state index >= 15 is 0 Å². The number of carbonyl (C=O) groups is 1. The van der Waals surface area contributed by atoms with Crippen LogP contribution in [0.15, 0.2) is 53.0 Å². The first kappa shape index (κ1) is 15.7. The van der Waals surface area contributed by atoms with Gasteiger partial charge in [0.25, 0.3) is 5.91 Å². The second kappa shape index (κ2) is 6.57. The fraction of sp³-hybridized carbons (Fsp3) is 0.316. The summed E-state index contributed by atoms with van der Waals surface area (Å²) in [6.45, 7) is 1.39. The van der Waals surface area contributed by atoms with E-state index in [-0.39, 0.29) is 18.2 Å². The van der Waals surface area contributed by atoms with E-state index in [2.05, 4.69) is 21.2 Å². The molecule has 0 saturated carbocycles. The zero-order valence-corrected chi connectivity index (χ0v) is 14.8. The average molecular weight is 387 g/mol. The van der Waals surface area contributed by atoms with Gasteiger partial charge in [0, 0.05) is 28.9 Å². The minimum Gasteiger partial charge on any atom is -0.376 e. The predicted molar refractivity (Wildman–Crippen MR) is 97.0 cm³/mol. The normalized spacial score (nSPS) is 23.0. The Morgan fingerprint density at radius 2 is 1.96 bits per heavy atom. The zero-order valence-electron chi connectivity index (χ0n) is 13.2. The third kappa shape index (κ3) is 2.82. The Kier molecular flexibility index (Phi) is 4.29. The lowest BCUT2D eigenvalue weighted by Gasteiger charge is -2.39. The van der Waals surface area contributed by atoms with Crippen LogP contribution in [-0.4, -0.2) is 30.1 Å². The fourth-order valence-corrected chi connectivity index (χ4v) is 3.93. The van der Waals surface area contributed by atoms with Crippen molar-refractivity contribution in [1.82, 2.24) is 4.90 Å². The Morgan fingerprint density at radius 3 is 2.75 bits per heavy atom. The number of fused-ring (bicyclic) bond motifs is 1. The van der Waals surface area contributed by atoms with E-state index in [4.69, 9.17) is 4.74 Å². The number of anilines is 1. The highest BCUT2D eigenvalue weighted by atomic mass is 79.9. The molecule has 0 aliphatic carbocycles. The van der Waals surface area contributed by atoms with Gasteiger partial charge in [-0.1, -0.05) is 46.3 Å². The number of hydrogen-bond acceptors (Lipinski definition) is 3. The summed E-state index contributed by atoms with van der Waals surface area (Å²) in [6, 6.07) is 15.7. The molecular weight excluding hydrogens is 368 g/mol. The largest absolute Gasteiger partial charge is 0.376 e. The number of nitrogens with zero attached hydrogens (tertiary/aromatic N) is 1. The second-order valence-electron chi connectivity index (χ2n) is 6.21. The Balaban J connectivity index is 1.73. The van der Waals surface area contributed by atoms with Gasteiger partial charge >= 0.3 is 0 Å². The van der Waals surface area contributed by atoms with E-state index in [9.17, 15) is 4.79 Å². The maximum absolute atomic E-state index is 13.1. The number of para-hydroxylation sites is 1. The monoisotopic (exact) mass is 386 g/mol. The summed E-state index contributed by atoms with van der Waals surface area (Å²) in [5.74, 6) is 0.0561. The van der Waals surface area contributed by atoms with Crippen LogP contribution in [0.2, 0.25) is 0 Å². The minimum absolute atomic E-state index is 0.0561. The van der Waals surface area contributed by atoms with Gasteiger partial charge in [-0.2, -0.15) is 0 Å². The van der Waals surface area contributed by atoms with Crippen LogP contribution < -0.4 is 5.32 Å². The average Bonchev–Trinajstić information content (AvgIpc) is 3.11. The molecule has 2 aromatic rings. The molecule has 4 rings (SSSR count). The highest BCUT2D eigenvalue weighted by Gasteiger charge is 2.35. The number of rotatable bonds is 3. The summed E-state index contributed by atoms with van der Waals surface area (Å²) < 4.78 is 6.77. The van der Waals surface area contributed by atoms with Crippen LogP contribution >= 0.6 is 15.9 Å². The van der Waals surface area contributed by atoms with Crippen molar-refractivity contribution < 1.29 is 9.53 Å². The number of carbonyl (C=O) groups excluding carboxylic acids is 1. The molecular formula is C19H19BrN2O2. The molecule has 4 nitrogen and oxygen atoms in total. The molecule has 0 radical (unpaired) electrons. The first-order valence-electron chi connectivity index (χ1n) is 8.26. The lowest BCUT2D eigenvalue weighted by molar-refractivity contribution is 0.0426. The van der Waals surface area contributed by atoms with Crippen molar-refractivity contribution >= 4 is 27.5 Å². The molecule has 24 heavy (non-hydrogen) atoms. The van der Waals surface area contributed by atoms with Gasteiger partial charge in [0.15, 0.2) is 0 Å².